The van der Waals surface area contributed by atoms with Crippen molar-refractivity contribution in [2.75, 3.05) is 6.54 Å². The van der Waals surface area contributed by atoms with E-state index < -0.39 is 0 Å². The highest BCUT2D eigenvalue weighted by Crippen LogP contribution is 2.12. The van der Waals surface area contributed by atoms with Gasteiger partial charge >= 0.3 is 0 Å². The van der Waals surface area contributed by atoms with E-state index in [2.05, 4.69) is 27.2 Å². The summed E-state index contributed by atoms with van der Waals surface area (Å²) in [5, 5.41) is 3.20. The summed E-state index contributed by atoms with van der Waals surface area (Å²) in [5.74, 6) is 0.711. The van der Waals surface area contributed by atoms with Crippen LogP contribution in [0.3, 0.4) is 0 Å². The van der Waals surface area contributed by atoms with Crippen LogP contribution in [-0.4, -0.2) is 27.4 Å². The lowest BCUT2D eigenvalue weighted by molar-refractivity contribution is 0.0953. The lowest BCUT2D eigenvalue weighted by atomic mass is 10.1. The molecule has 1 amide bonds. The Morgan fingerprint density at radius 3 is 2.95 bits per heavy atom. The Hall–Kier alpha value is -1.88. The first kappa shape index (κ1) is 14.5. The second-order valence-electron chi connectivity index (χ2n) is 4.46. The Balaban J connectivity index is 1.94. The first-order chi connectivity index (χ1) is 9.69. The molecular weight excluding hydrogens is 276 g/mol. The van der Waals surface area contributed by atoms with Crippen LogP contribution in [0.5, 0.6) is 0 Å². The normalized spacial score (nSPS) is 10.5. The summed E-state index contributed by atoms with van der Waals surface area (Å²) >= 11 is 5.94. The molecule has 2 aromatic rings. The maximum Gasteiger partial charge on any atom is 0.251 e. The van der Waals surface area contributed by atoms with Crippen LogP contribution in [0.1, 0.15) is 35.2 Å². The first-order valence-corrected chi connectivity index (χ1v) is 6.99. The van der Waals surface area contributed by atoms with Crippen molar-refractivity contribution in [2.24, 2.45) is 0 Å². The Kier molecular flexibility index (Phi) is 5.12. The van der Waals surface area contributed by atoms with Gasteiger partial charge in [-0.3, -0.25) is 4.79 Å². The number of nitrogens with one attached hydrogen (secondary N) is 2. The van der Waals surface area contributed by atoms with Crippen molar-refractivity contribution in [3.8, 4) is 0 Å². The van der Waals surface area contributed by atoms with Gasteiger partial charge in [-0.25, -0.2) is 9.97 Å². The van der Waals surface area contributed by atoms with Crippen molar-refractivity contribution < 1.29 is 4.79 Å². The van der Waals surface area contributed by atoms with Crippen LogP contribution in [0.25, 0.3) is 0 Å². The predicted octanol–water partition coefficient (Wildman–Crippen LogP) is 2.38. The molecule has 0 radical (unpaired) electrons. The van der Waals surface area contributed by atoms with E-state index >= 15 is 0 Å². The van der Waals surface area contributed by atoms with Crippen LogP contribution in [0.2, 0.25) is 5.15 Å². The van der Waals surface area contributed by atoms with Gasteiger partial charge in [0.15, 0.2) is 0 Å². The number of carbonyl (C=O) groups excluding carboxylic acids is 1. The van der Waals surface area contributed by atoms with E-state index in [1.54, 1.807) is 24.5 Å². The zero-order valence-electron chi connectivity index (χ0n) is 11.3. The molecule has 0 aliphatic heterocycles. The predicted molar refractivity (Wildman–Crippen MR) is 77.9 cm³/mol. The highest BCUT2D eigenvalue weighted by molar-refractivity contribution is 6.29. The van der Waals surface area contributed by atoms with Crippen LogP contribution < -0.4 is 5.32 Å². The third-order valence-electron chi connectivity index (χ3n) is 2.82. The summed E-state index contributed by atoms with van der Waals surface area (Å²) < 4.78 is 0. The number of pyridine rings is 1. The Labute approximate surface area is 122 Å². The van der Waals surface area contributed by atoms with Crippen LogP contribution in [-0.2, 0) is 12.8 Å². The lowest BCUT2D eigenvalue weighted by Gasteiger charge is -2.06. The Morgan fingerprint density at radius 1 is 1.40 bits per heavy atom. The van der Waals surface area contributed by atoms with E-state index in [0.717, 1.165) is 24.4 Å². The highest BCUT2D eigenvalue weighted by atomic mass is 35.5. The highest BCUT2D eigenvalue weighted by Gasteiger charge is 2.09. The quantitative estimate of drug-likeness (QED) is 0.803. The molecule has 0 aliphatic carbocycles. The van der Waals surface area contributed by atoms with Gasteiger partial charge in [-0.05, 0) is 18.6 Å². The minimum Gasteiger partial charge on any atom is -0.352 e. The second-order valence-corrected chi connectivity index (χ2v) is 4.85. The Bertz CT molecular complexity index is 569. The topological polar surface area (TPSA) is 70.7 Å². The third-order valence-corrected chi connectivity index (χ3v) is 3.01. The van der Waals surface area contributed by atoms with E-state index in [4.69, 9.17) is 11.6 Å². The molecule has 2 heterocycles. The number of hydrogen-bond donors (Lipinski definition) is 2. The van der Waals surface area contributed by atoms with Crippen molar-refractivity contribution in [1.29, 1.82) is 0 Å². The number of aromatic amines is 1. The molecule has 0 atom stereocenters. The zero-order valence-corrected chi connectivity index (χ0v) is 12.1. The molecule has 0 saturated heterocycles. The van der Waals surface area contributed by atoms with Crippen LogP contribution >= 0.6 is 11.6 Å². The molecule has 0 saturated carbocycles. The molecule has 0 fully saturated rings. The Morgan fingerprint density at radius 2 is 2.25 bits per heavy atom. The largest absolute Gasteiger partial charge is 0.352 e. The van der Waals surface area contributed by atoms with Crippen LogP contribution in [0.15, 0.2) is 24.5 Å². The van der Waals surface area contributed by atoms with E-state index in [0.29, 0.717) is 23.7 Å². The van der Waals surface area contributed by atoms with E-state index in [1.807, 2.05) is 0 Å². The van der Waals surface area contributed by atoms with Gasteiger partial charge in [0.1, 0.15) is 11.0 Å². The number of carbonyl (C=O) groups is 1. The minimum absolute atomic E-state index is 0.141. The number of rotatable bonds is 6. The SMILES string of the molecule is CCCc1cc(C(=O)NCCc2ncc[nH]2)cc(Cl)n1. The maximum atomic E-state index is 12.1. The summed E-state index contributed by atoms with van der Waals surface area (Å²) in [6.07, 6.45) is 5.90. The molecule has 2 N–H and O–H groups in total. The maximum absolute atomic E-state index is 12.1. The number of aromatic nitrogens is 3. The van der Waals surface area contributed by atoms with Gasteiger partial charge < -0.3 is 10.3 Å². The summed E-state index contributed by atoms with van der Waals surface area (Å²) in [6, 6.07) is 3.38. The number of H-pyrrole nitrogens is 1. The van der Waals surface area contributed by atoms with Gasteiger partial charge in [-0.2, -0.15) is 0 Å². The average molecular weight is 293 g/mol. The minimum atomic E-state index is -0.141. The number of halogens is 1. The monoisotopic (exact) mass is 292 g/mol. The smallest absolute Gasteiger partial charge is 0.251 e. The van der Waals surface area contributed by atoms with Gasteiger partial charge in [-0.1, -0.05) is 24.9 Å². The van der Waals surface area contributed by atoms with E-state index in [9.17, 15) is 4.79 Å². The molecule has 6 heteroatoms. The van der Waals surface area contributed by atoms with E-state index in [1.165, 1.54) is 0 Å². The summed E-state index contributed by atoms with van der Waals surface area (Å²) in [6.45, 7) is 2.58. The molecule has 0 spiro atoms. The molecule has 0 unspecified atom stereocenters. The third kappa shape index (κ3) is 4.06. The fourth-order valence-corrected chi connectivity index (χ4v) is 2.12. The van der Waals surface area contributed by atoms with Gasteiger partial charge in [-0.15, -0.1) is 0 Å². The van der Waals surface area contributed by atoms with Crippen LogP contribution in [0, 0.1) is 0 Å². The van der Waals surface area contributed by atoms with Gasteiger partial charge in [0.2, 0.25) is 0 Å². The van der Waals surface area contributed by atoms with Crippen molar-refractivity contribution in [2.45, 2.75) is 26.2 Å². The standard InChI is InChI=1S/C14H17ClN4O/c1-2-3-11-8-10(9-12(15)19-11)14(20)18-5-4-13-16-6-7-17-13/h6-9H,2-5H2,1H3,(H,16,17)(H,18,20). The van der Waals surface area contributed by atoms with E-state index in [-0.39, 0.29) is 5.91 Å². The summed E-state index contributed by atoms with van der Waals surface area (Å²) in [4.78, 5) is 23.3. The molecule has 0 bridgehead atoms. The molecule has 0 aromatic carbocycles. The number of hydrogen-bond acceptors (Lipinski definition) is 3. The fourth-order valence-electron chi connectivity index (χ4n) is 1.90. The van der Waals surface area contributed by atoms with Gasteiger partial charge in [0, 0.05) is 36.6 Å². The molecule has 20 heavy (non-hydrogen) atoms. The molecule has 2 aromatic heterocycles. The second kappa shape index (κ2) is 7.05. The number of amides is 1. The van der Waals surface area contributed by atoms with Crippen molar-refractivity contribution in [3.63, 3.8) is 0 Å². The summed E-state index contributed by atoms with van der Waals surface area (Å²) in [5.41, 5.74) is 1.39. The fraction of sp³-hybridized carbons (Fsp3) is 0.357. The molecule has 5 nitrogen and oxygen atoms in total. The average Bonchev–Trinajstić information content (AvgIpc) is 2.91. The molecule has 106 valence electrons. The van der Waals surface area contributed by atoms with Crippen LogP contribution in [0.4, 0.5) is 0 Å². The van der Waals surface area contributed by atoms with Gasteiger partial charge in [0.25, 0.3) is 5.91 Å². The molecule has 2 rings (SSSR count). The molecule has 0 aliphatic rings. The number of aryl methyl sites for hydroxylation is 1. The summed E-state index contributed by atoms with van der Waals surface area (Å²) in [7, 11) is 0. The van der Waals surface area contributed by atoms with Crippen molar-refractivity contribution in [3.05, 3.63) is 46.8 Å². The zero-order chi connectivity index (χ0) is 14.4. The van der Waals surface area contributed by atoms with Crippen molar-refractivity contribution >= 4 is 17.5 Å². The number of imidazole rings is 1. The molecular formula is C14H17ClN4O. The first-order valence-electron chi connectivity index (χ1n) is 6.62. The lowest BCUT2D eigenvalue weighted by Crippen LogP contribution is -2.26. The van der Waals surface area contributed by atoms with Gasteiger partial charge in [0.05, 0.1) is 0 Å². The number of nitrogens with zero attached hydrogens (tertiary/aromatic N) is 2. The van der Waals surface area contributed by atoms with Crippen molar-refractivity contribution in [1.82, 2.24) is 20.3 Å².